The smallest absolute Gasteiger partial charge is 0.320 e. The molecular weight excluding hydrogens is 238 g/mol. The van der Waals surface area contributed by atoms with Gasteiger partial charge in [-0.2, -0.15) is 0 Å². The standard InChI is InChI=1S/C11H17N3O2S/c1-2-9(10(15)16)13-4-6-14(7-5-13)11-12-3-8-17-11/h3,8-9H,2,4-7H2,1H3,(H,15,16). The normalized spacial score (nSPS) is 19.2. The highest BCUT2D eigenvalue weighted by atomic mass is 32.1. The summed E-state index contributed by atoms with van der Waals surface area (Å²) in [4.78, 5) is 19.6. The van der Waals surface area contributed by atoms with Crippen LogP contribution in [-0.2, 0) is 4.79 Å². The molecule has 1 saturated heterocycles. The van der Waals surface area contributed by atoms with Crippen molar-refractivity contribution < 1.29 is 9.90 Å². The number of thiazole rings is 1. The Bertz CT molecular complexity index is 361. The number of carboxylic acid groups (broad SMARTS) is 1. The molecule has 94 valence electrons. The van der Waals surface area contributed by atoms with Crippen LogP contribution in [-0.4, -0.2) is 53.2 Å². The van der Waals surface area contributed by atoms with E-state index in [-0.39, 0.29) is 6.04 Å². The van der Waals surface area contributed by atoms with Gasteiger partial charge in [0.2, 0.25) is 0 Å². The number of carbonyl (C=O) groups is 1. The molecule has 1 aliphatic rings. The van der Waals surface area contributed by atoms with Gasteiger partial charge in [0.25, 0.3) is 0 Å². The Morgan fingerprint density at radius 2 is 2.24 bits per heavy atom. The van der Waals surface area contributed by atoms with E-state index in [9.17, 15) is 4.79 Å². The summed E-state index contributed by atoms with van der Waals surface area (Å²) in [6.45, 7) is 5.23. The molecule has 2 rings (SSSR count). The van der Waals surface area contributed by atoms with E-state index in [1.807, 2.05) is 17.2 Å². The Morgan fingerprint density at radius 3 is 2.71 bits per heavy atom. The quantitative estimate of drug-likeness (QED) is 0.874. The number of nitrogens with zero attached hydrogens (tertiary/aromatic N) is 3. The second kappa shape index (κ2) is 5.46. The average molecular weight is 255 g/mol. The predicted molar refractivity (Wildman–Crippen MR) is 67.6 cm³/mol. The first-order valence-corrected chi connectivity index (χ1v) is 6.71. The zero-order valence-corrected chi connectivity index (χ0v) is 10.7. The third-order valence-electron chi connectivity index (χ3n) is 3.12. The fraction of sp³-hybridized carbons (Fsp3) is 0.636. The van der Waals surface area contributed by atoms with Gasteiger partial charge in [0.05, 0.1) is 0 Å². The molecule has 0 bridgehead atoms. The van der Waals surface area contributed by atoms with Crippen LogP contribution in [0.1, 0.15) is 13.3 Å². The Hall–Kier alpha value is -1.14. The molecule has 1 aromatic rings. The maximum Gasteiger partial charge on any atom is 0.320 e. The molecule has 17 heavy (non-hydrogen) atoms. The van der Waals surface area contributed by atoms with Crippen molar-refractivity contribution in [1.29, 1.82) is 0 Å². The lowest BCUT2D eigenvalue weighted by Crippen LogP contribution is -2.52. The molecule has 1 N–H and O–H groups in total. The maximum atomic E-state index is 11.1. The summed E-state index contributed by atoms with van der Waals surface area (Å²) >= 11 is 1.63. The number of rotatable bonds is 4. The number of hydrogen-bond donors (Lipinski definition) is 1. The molecule has 0 aromatic carbocycles. The van der Waals surface area contributed by atoms with Gasteiger partial charge < -0.3 is 10.0 Å². The molecule has 1 aromatic heterocycles. The summed E-state index contributed by atoms with van der Waals surface area (Å²) in [6, 6.07) is -0.339. The first kappa shape index (κ1) is 12.3. The van der Waals surface area contributed by atoms with E-state index in [4.69, 9.17) is 5.11 Å². The summed E-state index contributed by atoms with van der Waals surface area (Å²) in [7, 11) is 0. The van der Waals surface area contributed by atoms with Crippen molar-refractivity contribution in [1.82, 2.24) is 9.88 Å². The van der Waals surface area contributed by atoms with Crippen molar-refractivity contribution in [3.05, 3.63) is 11.6 Å². The van der Waals surface area contributed by atoms with Crippen molar-refractivity contribution in [3.8, 4) is 0 Å². The molecule has 0 aliphatic carbocycles. The summed E-state index contributed by atoms with van der Waals surface area (Å²) in [5.41, 5.74) is 0. The maximum absolute atomic E-state index is 11.1. The highest BCUT2D eigenvalue weighted by Crippen LogP contribution is 2.20. The van der Waals surface area contributed by atoms with Crippen molar-refractivity contribution >= 4 is 22.4 Å². The molecule has 0 saturated carbocycles. The molecule has 1 atom stereocenters. The minimum atomic E-state index is -0.713. The van der Waals surface area contributed by atoms with Crippen LogP contribution in [0.2, 0.25) is 0 Å². The summed E-state index contributed by atoms with van der Waals surface area (Å²) in [5, 5.41) is 12.1. The lowest BCUT2D eigenvalue weighted by molar-refractivity contribution is -0.143. The summed E-state index contributed by atoms with van der Waals surface area (Å²) < 4.78 is 0. The Morgan fingerprint density at radius 1 is 1.53 bits per heavy atom. The van der Waals surface area contributed by atoms with Gasteiger partial charge >= 0.3 is 5.97 Å². The van der Waals surface area contributed by atoms with Crippen molar-refractivity contribution in [2.75, 3.05) is 31.1 Å². The number of aromatic nitrogens is 1. The van der Waals surface area contributed by atoms with Gasteiger partial charge in [-0.25, -0.2) is 4.98 Å². The number of anilines is 1. The molecule has 1 unspecified atom stereocenters. The molecule has 0 spiro atoms. The van der Waals surface area contributed by atoms with Gasteiger partial charge in [-0.1, -0.05) is 6.92 Å². The zero-order valence-electron chi connectivity index (χ0n) is 9.87. The topological polar surface area (TPSA) is 56.7 Å². The van der Waals surface area contributed by atoms with E-state index < -0.39 is 5.97 Å². The van der Waals surface area contributed by atoms with E-state index >= 15 is 0 Å². The van der Waals surface area contributed by atoms with Crippen molar-refractivity contribution in [3.63, 3.8) is 0 Å². The third-order valence-corrected chi connectivity index (χ3v) is 3.95. The van der Waals surface area contributed by atoms with Gasteiger partial charge in [-0.05, 0) is 6.42 Å². The van der Waals surface area contributed by atoms with Crippen LogP contribution in [0.3, 0.4) is 0 Å². The van der Waals surface area contributed by atoms with Gasteiger partial charge in [0.15, 0.2) is 5.13 Å². The van der Waals surface area contributed by atoms with Crippen LogP contribution in [0.5, 0.6) is 0 Å². The van der Waals surface area contributed by atoms with Gasteiger partial charge in [-0.15, -0.1) is 11.3 Å². The van der Waals surface area contributed by atoms with Gasteiger partial charge in [-0.3, -0.25) is 9.69 Å². The molecular formula is C11H17N3O2S. The van der Waals surface area contributed by atoms with Crippen LogP contribution in [0.15, 0.2) is 11.6 Å². The predicted octanol–water partition coefficient (Wildman–Crippen LogP) is 1.13. The zero-order chi connectivity index (χ0) is 12.3. The lowest BCUT2D eigenvalue weighted by Gasteiger charge is -2.37. The number of hydrogen-bond acceptors (Lipinski definition) is 5. The molecule has 5 nitrogen and oxygen atoms in total. The van der Waals surface area contributed by atoms with Crippen LogP contribution >= 0.6 is 11.3 Å². The molecule has 6 heteroatoms. The lowest BCUT2D eigenvalue weighted by atomic mass is 10.1. The summed E-state index contributed by atoms with van der Waals surface area (Å²) in [6.07, 6.45) is 2.46. The second-order valence-corrected chi connectivity index (χ2v) is 4.97. The molecule has 1 aliphatic heterocycles. The molecule has 1 fully saturated rings. The molecule has 0 radical (unpaired) electrons. The van der Waals surface area contributed by atoms with Crippen LogP contribution in [0.4, 0.5) is 5.13 Å². The second-order valence-electron chi connectivity index (χ2n) is 4.10. The van der Waals surface area contributed by atoms with E-state index in [1.54, 1.807) is 17.5 Å². The number of carboxylic acids is 1. The van der Waals surface area contributed by atoms with E-state index in [0.717, 1.165) is 31.3 Å². The average Bonchev–Trinajstić information content (AvgIpc) is 2.84. The minimum absolute atomic E-state index is 0.339. The fourth-order valence-electron chi connectivity index (χ4n) is 2.19. The number of piperazine rings is 1. The monoisotopic (exact) mass is 255 g/mol. The van der Waals surface area contributed by atoms with Gasteiger partial charge in [0.1, 0.15) is 6.04 Å². The highest BCUT2D eigenvalue weighted by molar-refractivity contribution is 7.13. The largest absolute Gasteiger partial charge is 0.480 e. The van der Waals surface area contributed by atoms with Crippen molar-refractivity contribution in [2.24, 2.45) is 0 Å². The van der Waals surface area contributed by atoms with Crippen molar-refractivity contribution in [2.45, 2.75) is 19.4 Å². The van der Waals surface area contributed by atoms with E-state index in [0.29, 0.717) is 6.42 Å². The van der Waals surface area contributed by atoms with Crippen LogP contribution in [0, 0.1) is 0 Å². The third kappa shape index (κ3) is 2.76. The van der Waals surface area contributed by atoms with Crippen LogP contribution in [0.25, 0.3) is 0 Å². The van der Waals surface area contributed by atoms with Gasteiger partial charge in [0, 0.05) is 37.8 Å². The minimum Gasteiger partial charge on any atom is -0.480 e. The van der Waals surface area contributed by atoms with Crippen LogP contribution < -0.4 is 4.90 Å². The highest BCUT2D eigenvalue weighted by Gasteiger charge is 2.27. The van der Waals surface area contributed by atoms with E-state index in [2.05, 4.69) is 9.88 Å². The number of aliphatic carboxylic acids is 1. The molecule has 2 heterocycles. The summed E-state index contributed by atoms with van der Waals surface area (Å²) in [5.74, 6) is -0.713. The first-order valence-electron chi connectivity index (χ1n) is 5.83. The SMILES string of the molecule is CCC(C(=O)O)N1CCN(c2nccs2)CC1. The van der Waals surface area contributed by atoms with E-state index in [1.165, 1.54) is 0 Å². The Labute approximate surface area is 105 Å². The molecule has 0 amide bonds. The Kier molecular flexibility index (Phi) is 3.96. The Balaban J connectivity index is 1.91. The fourth-order valence-corrected chi connectivity index (χ4v) is 2.88. The first-order chi connectivity index (χ1) is 8.22.